The molecular formula is C12H19ClN2S. The van der Waals surface area contributed by atoms with Gasteiger partial charge in [-0.25, -0.2) is 0 Å². The third-order valence-electron chi connectivity index (χ3n) is 3.78. The van der Waals surface area contributed by atoms with Gasteiger partial charge in [-0.1, -0.05) is 30.9 Å². The van der Waals surface area contributed by atoms with Crippen molar-refractivity contribution in [1.82, 2.24) is 9.78 Å². The summed E-state index contributed by atoms with van der Waals surface area (Å²) in [4.78, 5) is 0. The number of nitrogens with zero attached hydrogens (tertiary/aromatic N) is 2. The second-order valence-corrected chi connectivity index (χ2v) is 5.68. The fraction of sp³-hybridized carbons (Fsp3) is 0.750. The molecule has 1 aromatic heterocycles. The molecule has 0 saturated heterocycles. The van der Waals surface area contributed by atoms with Crippen molar-refractivity contribution in [3.8, 4) is 0 Å². The molecule has 0 N–H and O–H groups in total. The number of hydrogen-bond acceptors (Lipinski definition) is 2. The van der Waals surface area contributed by atoms with E-state index in [1.54, 1.807) is 6.20 Å². The van der Waals surface area contributed by atoms with E-state index in [0.717, 1.165) is 23.0 Å². The Morgan fingerprint density at radius 1 is 1.44 bits per heavy atom. The highest BCUT2D eigenvalue weighted by Crippen LogP contribution is 2.39. The summed E-state index contributed by atoms with van der Waals surface area (Å²) >= 11 is 10.6. The molecule has 90 valence electrons. The summed E-state index contributed by atoms with van der Waals surface area (Å²) in [6, 6.07) is 0. The van der Waals surface area contributed by atoms with Gasteiger partial charge in [-0.3, -0.25) is 4.68 Å². The Kier molecular flexibility index (Phi) is 3.85. The maximum absolute atomic E-state index is 6.03. The Hall–Kier alpha value is -0.150. The standard InChI is InChI=1S/C12H19ClN2S/c1-10-11(13)7-14-15(10)8-12(9-16)5-3-2-4-6-12/h7,16H,2-6,8-9H2,1H3. The Morgan fingerprint density at radius 2 is 2.12 bits per heavy atom. The molecule has 0 radical (unpaired) electrons. The lowest BCUT2D eigenvalue weighted by Gasteiger charge is -2.36. The van der Waals surface area contributed by atoms with Gasteiger partial charge in [-0.15, -0.1) is 0 Å². The molecule has 0 atom stereocenters. The zero-order valence-electron chi connectivity index (χ0n) is 9.75. The lowest BCUT2D eigenvalue weighted by Crippen LogP contribution is -2.32. The quantitative estimate of drug-likeness (QED) is 0.818. The van der Waals surface area contributed by atoms with Gasteiger partial charge in [0.05, 0.1) is 16.9 Å². The number of halogens is 1. The summed E-state index contributed by atoms with van der Waals surface area (Å²) in [7, 11) is 0. The normalized spacial score (nSPS) is 19.9. The molecule has 1 aromatic rings. The van der Waals surface area contributed by atoms with Crippen molar-refractivity contribution in [2.24, 2.45) is 5.41 Å². The average molecular weight is 259 g/mol. The zero-order valence-corrected chi connectivity index (χ0v) is 11.4. The maximum atomic E-state index is 6.03. The van der Waals surface area contributed by atoms with Gasteiger partial charge >= 0.3 is 0 Å². The lowest BCUT2D eigenvalue weighted by atomic mass is 9.75. The molecule has 16 heavy (non-hydrogen) atoms. The Balaban J connectivity index is 2.14. The molecular weight excluding hydrogens is 240 g/mol. The van der Waals surface area contributed by atoms with E-state index >= 15 is 0 Å². The summed E-state index contributed by atoms with van der Waals surface area (Å²) in [6.07, 6.45) is 8.31. The van der Waals surface area contributed by atoms with E-state index in [9.17, 15) is 0 Å². The number of hydrogen-bond donors (Lipinski definition) is 1. The molecule has 2 rings (SSSR count). The Labute approximate surface area is 108 Å². The van der Waals surface area contributed by atoms with Gasteiger partial charge in [0.2, 0.25) is 0 Å². The van der Waals surface area contributed by atoms with Crippen LogP contribution in [0.1, 0.15) is 37.8 Å². The molecule has 1 saturated carbocycles. The number of aromatic nitrogens is 2. The fourth-order valence-electron chi connectivity index (χ4n) is 2.57. The van der Waals surface area contributed by atoms with Gasteiger partial charge < -0.3 is 0 Å². The molecule has 1 aliphatic rings. The van der Waals surface area contributed by atoms with Crippen LogP contribution >= 0.6 is 24.2 Å². The molecule has 2 nitrogen and oxygen atoms in total. The SMILES string of the molecule is Cc1c(Cl)cnn1CC1(CS)CCCCC1. The smallest absolute Gasteiger partial charge is 0.0814 e. The van der Waals surface area contributed by atoms with E-state index < -0.39 is 0 Å². The van der Waals surface area contributed by atoms with Crippen molar-refractivity contribution in [3.05, 3.63) is 16.9 Å². The monoisotopic (exact) mass is 258 g/mol. The maximum Gasteiger partial charge on any atom is 0.0814 e. The summed E-state index contributed by atoms with van der Waals surface area (Å²) in [5.41, 5.74) is 1.41. The number of thiol groups is 1. The van der Waals surface area contributed by atoms with Crippen molar-refractivity contribution in [2.75, 3.05) is 5.75 Å². The van der Waals surface area contributed by atoms with Crippen molar-refractivity contribution < 1.29 is 0 Å². The van der Waals surface area contributed by atoms with Gasteiger partial charge in [-0.2, -0.15) is 17.7 Å². The largest absolute Gasteiger partial charge is 0.268 e. The summed E-state index contributed by atoms with van der Waals surface area (Å²) < 4.78 is 2.05. The molecule has 1 fully saturated rings. The molecule has 0 unspecified atom stereocenters. The highest BCUT2D eigenvalue weighted by atomic mass is 35.5. The van der Waals surface area contributed by atoms with Crippen LogP contribution in [0, 0.1) is 12.3 Å². The van der Waals surface area contributed by atoms with Crippen molar-refractivity contribution in [1.29, 1.82) is 0 Å². The molecule has 1 aliphatic carbocycles. The van der Waals surface area contributed by atoms with Crippen molar-refractivity contribution in [3.63, 3.8) is 0 Å². The first-order chi connectivity index (χ1) is 7.67. The first-order valence-electron chi connectivity index (χ1n) is 5.96. The molecule has 4 heteroatoms. The predicted molar refractivity (Wildman–Crippen MR) is 71.3 cm³/mol. The van der Waals surface area contributed by atoms with Crippen LogP contribution in [0.3, 0.4) is 0 Å². The third kappa shape index (κ3) is 2.40. The van der Waals surface area contributed by atoms with Crippen LogP contribution in [0.2, 0.25) is 5.02 Å². The second kappa shape index (κ2) is 5.01. The minimum absolute atomic E-state index is 0.335. The van der Waals surface area contributed by atoms with Crippen LogP contribution in [-0.4, -0.2) is 15.5 Å². The van der Waals surface area contributed by atoms with Gasteiger partial charge in [0.15, 0.2) is 0 Å². The number of rotatable bonds is 3. The van der Waals surface area contributed by atoms with E-state index in [-0.39, 0.29) is 0 Å². The van der Waals surface area contributed by atoms with Gasteiger partial charge in [0.1, 0.15) is 0 Å². The summed E-state index contributed by atoms with van der Waals surface area (Å²) in [5.74, 6) is 0.948. The van der Waals surface area contributed by atoms with E-state index in [0.29, 0.717) is 5.41 Å². The van der Waals surface area contributed by atoms with Crippen LogP contribution < -0.4 is 0 Å². The molecule has 0 spiro atoms. The van der Waals surface area contributed by atoms with Crippen molar-refractivity contribution in [2.45, 2.75) is 45.6 Å². The molecule has 0 aliphatic heterocycles. The van der Waals surface area contributed by atoms with E-state index in [2.05, 4.69) is 17.7 Å². The van der Waals surface area contributed by atoms with Crippen LogP contribution in [0.5, 0.6) is 0 Å². The van der Waals surface area contributed by atoms with E-state index in [4.69, 9.17) is 11.6 Å². The Morgan fingerprint density at radius 3 is 2.62 bits per heavy atom. The minimum atomic E-state index is 0.335. The Bertz CT molecular complexity index is 356. The summed E-state index contributed by atoms with van der Waals surface area (Å²) in [6.45, 7) is 3.00. The molecule has 0 amide bonds. The minimum Gasteiger partial charge on any atom is -0.268 e. The van der Waals surface area contributed by atoms with Crippen LogP contribution in [0.15, 0.2) is 6.20 Å². The van der Waals surface area contributed by atoms with E-state index in [1.807, 2.05) is 11.6 Å². The van der Waals surface area contributed by atoms with Gasteiger partial charge in [0.25, 0.3) is 0 Å². The lowest BCUT2D eigenvalue weighted by molar-refractivity contribution is 0.181. The molecule has 0 bridgehead atoms. The van der Waals surface area contributed by atoms with Gasteiger partial charge in [0, 0.05) is 6.54 Å². The van der Waals surface area contributed by atoms with Crippen molar-refractivity contribution >= 4 is 24.2 Å². The highest BCUT2D eigenvalue weighted by Gasteiger charge is 2.31. The van der Waals surface area contributed by atoms with E-state index in [1.165, 1.54) is 32.1 Å². The molecule has 0 aromatic carbocycles. The average Bonchev–Trinajstić information content (AvgIpc) is 2.62. The topological polar surface area (TPSA) is 17.8 Å². The first-order valence-corrected chi connectivity index (χ1v) is 6.97. The molecule has 1 heterocycles. The van der Waals surface area contributed by atoms with Crippen LogP contribution in [-0.2, 0) is 6.54 Å². The van der Waals surface area contributed by atoms with Crippen LogP contribution in [0.4, 0.5) is 0 Å². The first kappa shape index (κ1) is 12.3. The van der Waals surface area contributed by atoms with Crippen LogP contribution in [0.25, 0.3) is 0 Å². The fourth-order valence-corrected chi connectivity index (χ4v) is 3.13. The third-order valence-corrected chi connectivity index (χ3v) is 4.82. The van der Waals surface area contributed by atoms with Gasteiger partial charge in [-0.05, 0) is 30.9 Å². The second-order valence-electron chi connectivity index (χ2n) is 4.95. The zero-order chi connectivity index (χ0) is 11.6. The highest BCUT2D eigenvalue weighted by molar-refractivity contribution is 7.80. The summed E-state index contributed by atoms with van der Waals surface area (Å²) in [5, 5.41) is 5.12. The predicted octanol–water partition coefficient (Wildman–Crippen LogP) is 3.73.